The lowest BCUT2D eigenvalue weighted by Crippen LogP contribution is -2.59. The van der Waals surface area contributed by atoms with Gasteiger partial charge in [-0.1, -0.05) is 43.1 Å². The molecule has 8 nitrogen and oxygen atoms in total. The molecule has 4 aliphatic rings. The van der Waals surface area contributed by atoms with Gasteiger partial charge >= 0.3 is 6.03 Å². The van der Waals surface area contributed by atoms with Crippen LogP contribution in [0.3, 0.4) is 0 Å². The number of hydrogen-bond acceptors (Lipinski definition) is 4. The van der Waals surface area contributed by atoms with Crippen LogP contribution < -0.4 is 21.7 Å². The number of urea groups is 1. The van der Waals surface area contributed by atoms with Crippen molar-refractivity contribution >= 4 is 52.4 Å². The van der Waals surface area contributed by atoms with Gasteiger partial charge in [-0.3, -0.25) is 9.59 Å². The number of hydrogen-bond donors (Lipinski definition) is 4. The molecule has 4 amide bonds. The Bertz CT molecular complexity index is 1380. The number of amides is 4. The highest BCUT2D eigenvalue weighted by Gasteiger charge is 2.54. The molecule has 1 heterocycles. The first kappa shape index (κ1) is 28.3. The first-order valence-electron chi connectivity index (χ1n) is 14.6. The SMILES string of the molecule is CC(C)[C@@H]1CN(C2(C(=O)Nc3ccc(Cl)cc3Cl)Cc3ccc(NC(=O)[C@@H](N)C(C4CC4)C4CC4)cc3C2)C(=O)N1. The summed E-state index contributed by atoms with van der Waals surface area (Å²) in [6.07, 6.45) is 5.29. The van der Waals surface area contributed by atoms with Gasteiger partial charge in [0.25, 0.3) is 5.91 Å². The van der Waals surface area contributed by atoms with E-state index in [2.05, 4.69) is 29.8 Å². The topological polar surface area (TPSA) is 117 Å². The second-order valence-corrected chi connectivity index (χ2v) is 13.5. The fourth-order valence-corrected chi connectivity index (χ4v) is 7.13. The number of fused-ring (bicyclic) bond motifs is 1. The predicted molar refractivity (Wildman–Crippen MR) is 161 cm³/mol. The molecule has 218 valence electrons. The zero-order valence-electron chi connectivity index (χ0n) is 23.4. The van der Waals surface area contributed by atoms with Gasteiger partial charge in [0, 0.05) is 30.1 Å². The Hall–Kier alpha value is -2.81. The highest BCUT2D eigenvalue weighted by molar-refractivity contribution is 6.36. The van der Waals surface area contributed by atoms with E-state index in [1.54, 1.807) is 23.1 Å². The van der Waals surface area contributed by atoms with Crippen molar-refractivity contribution in [1.82, 2.24) is 10.2 Å². The number of rotatable bonds is 9. The molecular formula is C31H37Cl2N5O3. The summed E-state index contributed by atoms with van der Waals surface area (Å²) in [4.78, 5) is 42.2. The molecule has 6 rings (SSSR count). The van der Waals surface area contributed by atoms with Gasteiger partial charge in [-0.2, -0.15) is 0 Å². The summed E-state index contributed by atoms with van der Waals surface area (Å²) < 4.78 is 0. The maximum Gasteiger partial charge on any atom is 0.318 e. The Morgan fingerprint density at radius 1 is 1.00 bits per heavy atom. The Balaban J connectivity index is 1.25. The van der Waals surface area contributed by atoms with Crippen molar-refractivity contribution in [3.05, 3.63) is 57.6 Å². The third-order valence-corrected chi connectivity index (χ3v) is 9.89. The molecule has 1 unspecified atom stereocenters. The van der Waals surface area contributed by atoms with Gasteiger partial charge in [-0.25, -0.2) is 4.79 Å². The average Bonchev–Trinajstić information content (AvgIpc) is 3.86. The molecule has 3 fully saturated rings. The molecule has 0 aromatic heterocycles. The molecule has 10 heteroatoms. The molecule has 2 saturated carbocycles. The summed E-state index contributed by atoms with van der Waals surface area (Å²) in [5, 5.41) is 9.84. The molecule has 0 bridgehead atoms. The molecule has 0 radical (unpaired) electrons. The molecule has 1 aliphatic heterocycles. The minimum absolute atomic E-state index is 0.0720. The highest BCUT2D eigenvalue weighted by Crippen LogP contribution is 2.50. The third-order valence-electron chi connectivity index (χ3n) is 9.35. The number of nitrogens with one attached hydrogen (secondary N) is 3. The second kappa shape index (κ2) is 10.8. The highest BCUT2D eigenvalue weighted by atomic mass is 35.5. The number of nitrogens with zero attached hydrogens (tertiary/aromatic N) is 1. The van der Waals surface area contributed by atoms with Crippen LogP contribution >= 0.6 is 23.2 Å². The third kappa shape index (κ3) is 5.54. The Labute approximate surface area is 250 Å². The van der Waals surface area contributed by atoms with E-state index in [1.807, 2.05) is 18.2 Å². The number of nitrogens with two attached hydrogens (primary N) is 1. The summed E-state index contributed by atoms with van der Waals surface area (Å²) in [6, 6.07) is 9.74. The van der Waals surface area contributed by atoms with Gasteiger partial charge in [0.15, 0.2) is 0 Å². The number of benzene rings is 2. The summed E-state index contributed by atoms with van der Waals surface area (Å²) in [5.41, 5.74) is 8.27. The van der Waals surface area contributed by atoms with Crippen LogP contribution in [0.5, 0.6) is 0 Å². The van der Waals surface area contributed by atoms with Crippen LogP contribution in [0.25, 0.3) is 0 Å². The number of carbonyl (C=O) groups is 3. The largest absolute Gasteiger partial charge is 0.333 e. The Morgan fingerprint density at radius 3 is 2.29 bits per heavy atom. The fraction of sp³-hybridized carbons (Fsp3) is 0.516. The van der Waals surface area contributed by atoms with Crippen LogP contribution in [-0.2, 0) is 22.4 Å². The lowest BCUT2D eigenvalue weighted by molar-refractivity contribution is -0.125. The van der Waals surface area contributed by atoms with E-state index in [0.717, 1.165) is 36.8 Å². The van der Waals surface area contributed by atoms with Crippen LogP contribution in [-0.4, -0.2) is 46.9 Å². The molecular weight excluding hydrogens is 561 g/mol. The first-order chi connectivity index (χ1) is 19.6. The van der Waals surface area contributed by atoms with E-state index in [9.17, 15) is 14.4 Å². The van der Waals surface area contributed by atoms with E-state index in [1.165, 1.54) is 0 Å². The maximum absolute atomic E-state index is 14.1. The number of halogens is 2. The van der Waals surface area contributed by atoms with Crippen LogP contribution in [0.1, 0.15) is 50.7 Å². The molecule has 1 saturated heterocycles. The van der Waals surface area contributed by atoms with E-state index in [4.69, 9.17) is 28.9 Å². The van der Waals surface area contributed by atoms with Gasteiger partial charge in [0.1, 0.15) is 5.54 Å². The standard InChI is InChI=1S/C31H37Cl2N5O3/c1-16(2)25-15-38(30(41)37-25)31(29(40)36-24-10-8-21(32)12-23(24)33)13-19-7-9-22(11-20(19)14-31)35-28(39)27(34)26(17-3-4-17)18-5-6-18/h7-12,16-18,25-27H,3-6,13-15,34H2,1-2H3,(H,35,39)(H,36,40)(H,37,41)/t25-,27-,31?/m0/s1. The molecule has 3 atom stereocenters. The van der Waals surface area contributed by atoms with Gasteiger partial charge in [0.2, 0.25) is 5.91 Å². The van der Waals surface area contributed by atoms with E-state index in [0.29, 0.717) is 52.6 Å². The predicted octanol–water partition coefficient (Wildman–Crippen LogP) is 5.22. The lowest BCUT2D eigenvalue weighted by atomic mass is 9.89. The molecule has 3 aliphatic carbocycles. The molecule has 41 heavy (non-hydrogen) atoms. The summed E-state index contributed by atoms with van der Waals surface area (Å²) in [7, 11) is 0. The normalized spacial score (nSPS) is 24.4. The van der Waals surface area contributed by atoms with Gasteiger partial charge in [-0.05, 0) is 90.8 Å². The minimum Gasteiger partial charge on any atom is -0.333 e. The summed E-state index contributed by atoms with van der Waals surface area (Å²) in [6.45, 7) is 4.51. The number of carbonyl (C=O) groups excluding carboxylic acids is 3. The fourth-order valence-electron chi connectivity index (χ4n) is 6.68. The average molecular weight is 599 g/mol. The molecule has 2 aromatic rings. The Kier molecular flexibility index (Phi) is 7.45. The smallest absolute Gasteiger partial charge is 0.318 e. The monoisotopic (exact) mass is 597 g/mol. The van der Waals surface area contributed by atoms with Crippen molar-refractivity contribution in [2.45, 2.75) is 70.0 Å². The van der Waals surface area contributed by atoms with Crippen LogP contribution in [0.2, 0.25) is 10.0 Å². The minimum atomic E-state index is -1.17. The van der Waals surface area contributed by atoms with Crippen molar-refractivity contribution in [3.8, 4) is 0 Å². The second-order valence-electron chi connectivity index (χ2n) is 12.6. The molecule has 0 spiro atoms. The number of anilines is 2. The van der Waals surface area contributed by atoms with E-state index >= 15 is 0 Å². The summed E-state index contributed by atoms with van der Waals surface area (Å²) >= 11 is 12.5. The van der Waals surface area contributed by atoms with Crippen LogP contribution in [0, 0.1) is 23.7 Å². The van der Waals surface area contributed by atoms with Gasteiger partial charge < -0.3 is 26.6 Å². The first-order valence-corrected chi connectivity index (χ1v) is 15.3. The van der Waals surface area contributed by atoms with Crippen molar-refractivity contribution < 1.29 is 14.4 Å². The quantitative estimate of drug-likeness (QED) is 0.317. The van der Waals surface area contributed by atoms with Gasteiger partial charge in [-0.15, -0.1) is 0 Å². The molecule has 2 aromatic carbocycles. The van der Waals surface area contributed by atoms with Crippen LogP contribution in [0.4, 0.5) is 16.2 Å². The Morgan fingerprint density at radius 2 is 1.68 bits per heavy atom. The molecule has 5 N–H and O–H groups in total. The zero-order chi connectivity index (χ0) is 29.1. The van der Waals surface area contributed by atoms with E-state index < -0.39 is 11.6 Å². The zero-order valence-corrected chi connectivity index (χ0v) is 24.9. The summed E-state index contributed by atoms with van der Waals surface area (Å²) in [5.74, 6) is 1.12. The van der Waals surface area contributed by atoms with Crippen molar-refractivity contribution in [2.24, 2.45) is 29.4 Å². The van der Waals surface area contributed by atoms with Gasteiger partial charge in [0.05, 0.1) is 22.8 Å². The lowest BCUT2D eigenvalue weighted by Gasteiger charge is -2.36. The maximum atomic E-state index is 14.1. The van der Waals surface area contributed by atoms with Crippen molar-refractivity contribution in [3.63, 3.8) is 0 Å². The van der Waals surface area contributed by atoms with E-state index in [-0.39, 0.29) is 35.7 Å². The van der Waals surface area contributed by atoms with Crippen molar-refractivity contribution in [1.29, 1.82) is 0 Å². The van der Waals surface area contributed by atoms with Crippen molar-refractivity contribution in [2.75, 3.05) is 17.2 Å². The van der Waals surface area contributed by atoms with Crippen LogP contribution in [0.15, 0.2) is 36.4 Å².